The Morgan fingerprint density at radius 3 is 2.37 bits per heavy atom. The minimum atomic E-state index is -4.44. The summed E-state index contributed by atoms with van der Waals surface area (Å²) in [6, 6.07) is 14.8. The van der Waals surface area contributed by atoms with Crippen LogP contribution in [0.15, 0.2) is 67.3 Å². The monoisotopic (exact) mass is 473 g/mol. The largest absolute Gasteiger partial charge is 0.463 e. The second-order valence-corrected chi connectivity index (χ2v) is 9.83. The average molecular weight is 473 g/mol. The number of halogens is 3. The number of alkyl halides is 3. The number of ether oxygens (including phenoxy) is 1. The number of nitrogens with zero attached hydrogens (tertiary/aromatic N) is 1. The molecule has 6 heteroatoms. The predicted octanol–water partition coefficient (Wildman–Crippen LogP) is 6.84. The van der Waals surface area contributed by atoms with Crippen LogP contribution >= 0.6 is 0 Å². The van der Waals surface area contributed by atoms with Crippen LogP contribution in [0, 0.1) is 0 Å². The number of carbonyl (C=O) groups excluding carboxylic acids is 1. The Morgan fingerprint density at radius 1 is 0.943 bits per heavy atom. The molecule has 3 aliphatic rings. The van der Waals surface area contributed by atoms with E-state index in [0.717, 1.165) is 28.3 Å². The van der Waals surface area contributed by atoms with Crippen molar-refractivity contribution in [2.75, 3.05) is 11.9 Å². The summed E-state index contributed by atoms with van der Waals surface area (Å²) in [4.78, 5) is 15.2. The zero-order valence-corrected chi connectivity index (χ0v) is 19.5. The molecule has 0 saturated carbocycles. The molecule has 0 radical (unpaired) electrons. The quantitative estimate of drug-likeness (QED) is 0.280. The van der Waals surface area contributed by atoms with Crippen LogP contribution in [0.1, 0.15) is 57.6 Å². The molecule has 0 amide bonds. The van der Waals surface area contributed by atoms with Crippen LogP contribution in [0.4, 0.5) is 18.9 Å². The third kappa shape index (κ3) is 2.71. The summed E-state index contributed by atoms with van der Waals surface area (Å²) in [6.07, 6.45) is -0.615. The van der Waals surface area contributed by atoms with E-state index in [2.05, 4.69) is 6.58 Å². The van der Waals surface area contributed by atoms with E-state index in [-0.39, 0.29) is 5.78 Å². The Hall–Kier alpha value is -3.80. The summed E-state index contributed by atoms with van der Waals surface area (Å²) >= 11 is 0. The number of ketones is 1. The third-order valence-corrected chi connectivity index (χ3v) is 7.72. The topological polar surface area (TPSA) is 29.5 Å². The lowest BCUT2D eigenvalue weighted by molar-refractivity contribution is -0.137. The van der Waals surface area contributed by atoms with Gasteiger partial charge in [0.2, 0.25) is 5.72 Å². The molecule has 1 spiro atoms. The van der Waals surface area contributed by atoms with Crippen LogP contribution in [-0.2, 0) is 11.6 Å². The van der Waals surface area contributed by atoms with Gasteiger partial charge in [0.05, 0.1) is 11.0 Å². The fraction of sp³-hybridized carbons (Fsp3) is 0.207. The first-order valence-electron chi connectivity index (χ1n) is 11.3. The molecule has 6 rings (SSSR count). The summed E-state index contributed by atoms with van der Waals surface area (Å²) in [6.45, 7) is 7.99. The number of benzene rings is 3. The summed E-state index contributed by atoms with van der Waals surface area (Å²) in [7, 11) is 1.82. The van der Waals surface area contributed by atoms with E-state index >= 15 is 0 Å². The molecular weight excluding hydrogens is 451 g/mol. The van der Waals surface area contributed by atoms with E-state index in [1.165, 1.54) is 12.1 Å². The SMILES string of the molecule is C=C1c2ccccc2C(=O)c2cc3c(cc21)C=CC1(O3)N(C)c2ccc(C(F)(F)F)cc2C1(C)C. The molecule has 1 unspecified atom stereocenters. The van der Waals surface area contributed by atoms with Gasteiger partial charge in [0.15, 0.2) is 5.78 Å². The Bertz CT molecular complexity index is 1500. The second kappa shape index (κ2) is 6.66. The highest BCUT2D eigenvalue weighted by Crippen LogP contribution is 2.55. The van der Waals surface area contributed by atoms with Crippen molar-refractivity contribution in [2.24, 2.45) is 0 Å². The van der Waals surface area contributed by atoms with E-state index in [9.17, 15) is 18.0 Å². The van der Waals surface area contributed by atoms with Crippen LogP contribution in [-0.4, -0.2) is 18.6 Å². The van der Waals surface area contributed by atoms with E-state index < -0.39 is 22.9 Å². The Kier molecular flexibility index (Phi) is 4.13. The normalized spacial score (nSPS) is 21.4. The molecular formula is C29H22F3NO2. The minimum Gasteiger partial charge on any atom is -0.463 e. The number of hydrogen-bond donors (Lipinski definition) is 0. The first kappa shape index (κ1) is 21.7. The third-order valence-electron chi connectivity index (χ3n) is 7.72. The van der Waals surface area contributed by atoms with Gasteiger partial charge in [-0.1, -0.05) is 30.8 Å². The standard InChI is InChI=1S/C29H22F3NO2/c1-16-19-7-5-6-8-20(19)26(34)22-15-25-17(13-21(16)22)11-12-28(35-25)27(2,3)23-14-18(29(30,31)32)9-10-24(23)33(28)4/h5-15H,1H2,2-4H3. The Balaban J connectivity index is 1.47. The molecule has 1 atom stereocenters. The first-order valence-corrected chi connectivity index (χ1v) is 11.3. The molecule has 3 aromatic carbocycles. The van der Waals surface area contributed by atoms with E-state index in [0.29, 0.717) is 28.1 Å². The van der Waals surface area contributed by atoms with E-state index in [1.54, 1.807) is 12.1 Å². The second-order valence-electron chi connectivity index (χ2n) is 9.83. The van der Waals surface area contributed by atoms with Gasteiger partial charge in [0.25, 0.3) is 0 Å². The van der Waals surface area contributed by atoms with Crippen molar-refractivity contribution in [3.63, 3.8) is 0 Å². The van der Waals surface area contributed by atoms with Crippen LogP contribution in [0.5, 0.6) is 5.75 Å². The highest BCUT2D eigenvalue weighted by Gasteiger charge is 2.58. The number of fused-ring (bicyclic) bond motifs is 4. The first-order chi connectivity index (χ1) is 16.5. The van der Waals surface area contributed by atoms with Crippen molar-refractivity contribution in [1.29, 1.82) is 0 Å². The summed E-state index contributed by atoms with van der Waals surface area (Å²) in [5.41, 5.74) is 2.90. The fourth-order valence-electron chi connectivity index (χ4n) is 5.70. The molecule has 1 aliphatic carbocycles. The number of hydrogen-bond acceptors (Lipinski definition) is 3. The van der Waals surface area contributed by atoms with Gasteiger partial charge < -0.3 is 9.64 Å². The van der Waals surface area contributed by atoms with Gasteiger partial charge in [-0.2, -0.15) is 13.2 Å². The van der Waals surface area contributed by atoms with Crippen LogP contribution < -0.4 is 9.64 Å². The van der Waals surface area contributed by atoms with Gasteiger partial charge in [-0.25, -0.2) is 0 Å². The molecule has 0 bridgehead atoms. The average Bonchev–Trinajstić information content (AvgIpc) is 2.99. The summed E-state index contributed by atoms with van der Waals surface area (Å²) in [5.74, 6) is 0.408. The van der Waals surface area contributed by atoms with Crippen LogP contribution in [0.2, 0.25) is 0 Å². The molecule has 35 heavy (non-hydrogen) atoms. The van der Waals surface area contributed by atoms with Gasteiger partial charge >= 0.3 is 6.18 Å². The van der Waals surface area contributed by atoms with Crippen molar-refractivity contribution >= 4 is 23.1 Å². The molecule has 0 N–H and O–H groups in total. The van der Waals surface area contributed by atoms with Gasteiger partial charge in [-0.05, 0) is 78.6 Å². The summed E-state index contributed by atoms with van der Waals surface area (Å²) < 4.78 is 47.0. The maximum absolute atomic E-state index is 13.5. The smallest absolute Gasteiger partial charge is 0.416 e. The van der Waals surface area contributed by atoms with Crippen LogP contribution in [0.3, 0.4) is 0 Å². The highest BCUT2D eigenvalue weighted by molar-refractivity contribution is 6.19. The lowest BCUT2D eigenvalue weighted by Gasteiger charge is -2.46. The van der Waals surface area contributed by atoms with Gasteiger partial charge in [-0.3, -0.25) is 4.79 Å². The van der Waals surface area contributed by atoms with Crippen molar-refractivity contribution in [2.45, 2.75) is 31.2 Å². The molecule has 176 valence electrons. The Morgan fingerprint density at radius 2 is 1.66 bits per heavy atom. The van der Waals surface area contributed by atoms with Crippen molar-refractivity contribution in [1.82, 2.24) is 0 Å². The maximum atomic E-state index is 13.5. The molecule has 0 aromatic heterocycles. The van der Waals surface area contributed by atoms with Crippen molar-refractivity contribution in [3.05, 3.63) is 106 Å². The molecule has 0 fully saturated rings. The molecule has 0 saturated heterocycles. The fourth-order valence-corrected chi connectivity index (χ4v) is 5.70. The van der Waals surface area contributed by atoms with Crippen molar-refractivity contribution in [3.8, 4) is 5.75 Å². The maximum Gasteiger partial charge on any atom is 0.416 e. The highest BCUT2D eigenvalue weighted by atomic mass is 19.4. The summed E-state index contributed by atoms with van der Waals surface area (Å²) in [5, 5.41) is 0. The van der Waals surface area contributed by atoms with E-state index in [1.807, 2.05) is 62.2 Å². The number of rotatable bonds is 0. The number of likely N-dealkylation sites (N-methyl/N-ethyl adjacent to an activating group) is 1. The van der Waals surface area contributed by atoms with Crippen LogP contribution in [0.25, 0.3) is 11.6 Å². The molecule has 3 aromatic rings. The van der Waals surface area contributed by atoms with E-state index in [4.69, 9.17) is 4.74 Å². The van der Waals surface area contributed by atoms with Gasteiger partial charge in [0.1, 0.15) is 5.75 Å². The zero-order chi connectivity index (χ0) is 24.9. The lowest BCUT2D eigenvalue weighted by atomic mass is 9.75. The predicted molar refractivity (Wildman–Crippen MR) is 130 cm³/mol. The van der Waals surface area contributed by atoms with Crippen molar-refractivity contribution < 1.29 is 22.7 Å². The number of carbonyl (C=O) groups is 1. The molecule has 2 aliphatic heterocycles. The van der Waals surface area contributed by atoms with Gasteiger partial charge in [0, 0.05) is 29.4 Å². The number of anilines is 1. The zero-order valence-electron chi connectivity index (χ0n) is 19.5. The Labute approximate surface area is 201 Å². The molecule has 3 nitrogen and oxygen atoms in total. The molecule has 2 heterocycles. The lowest BCUT2D eigenvalue weighted by Crippen LogP contribution is -2.58. The minimum absolute atomic E-state index is 0.102. The van der Waals surface area contributed by atoms with Gasteiger partial charge in [-0.15, -0.1) is 0 Å².